The summed E-state index contributed by atoms with van der Waals surface area (Å²) in [5.74, 6) is 0.917. The van der Waals surface area contributed by atoms with Crippen molar-refractivity contribution in [3.05, 3.63) is 22.2 Å². The number of rotatable bonds is 12. The first-order chi connectivity index (χ1) is 13.4. The first-order valence-corrected chi connectivity index (χ1v) is 18.6. The van der Waals surface area contributed by atoms with Gasteiger partial charge in [0.25, 0.3) is 0 Å². The van der Waals surface area contributed by atoms with Crippen LogP contribution in [0.1, 0.15) is 59.3 Å². The zero-order chi connectivity index (χ0) is 20.8. The van der Waals surface area contributed by atoms with Crippen LogP contribution in [0.2, 0.25) is 13.3 Å². The third-order valence-electron chi connectivity index (χ3n) is 5.21. The number of carbonyl (C=O) groups is 2. The van der Waals surface area contributed by atoms with Gasteiger partial charge in [-0.25, -0.2) is 0 Å². The second kappa shape index (κ2) is 14.3. The third-order valence-corrected chi connectivity index (χ3v) is 19.3. The first-order valence-electron chi connectivity index (χ1n) is 10.9. The molecule has 1 aliphatic rings. The summed E-state index contributed by atoms with van der Waals surface area (Å²) in [4.78, 5) is 25.2. The summed E-state index contributed by atoms with van der Waals surface area (Å²) in [6.45, 7) is 7.01. The predicted molar refractivity (Wildman–Crippen MR) is 119 cm³/mol. The normalized spacial score (nSPS) is 17.1. The molecule has 7 heteroatoms. The summed E-state index contributed by atoms with van der Waals surface area (Å²) in [5.41, 5.74) is 0. The SMILES string of the molecule is CCC[CH2][Sn](/[CH]=C/C=C/B1OC(=O)CN(C)CC(=O)O1)([CH2]CCC)[CH2]CCC. The molecule has 158 valence electrons. The second-order valence-electron chi connectivity index (χ2n) is 7.94. The van der Waals surface area contributed by atoms with E-state index in [1.807, 2.05) is 6.08 Å². The quantitative estimate of drug-likeness (QED) is 0.292. The molecule has 28 heavy (non-hydrogen) atoms. The van der Waals surface area contributed by atoms with E-state index in [0.717, 1.165) is 0 Å². The van der Waals surface area contributed by atoms with Gasteiger partial charge in [0.15, 0.2) is 0 Å². The van der Waals surface area contributed by atoms with E-state index in [0.29, 0.717) is 0 Å². The van der Waals surface area contributed by atoms with Crippen LogP contribution >= 0.6 is 0 Å². The van der Waals surface area contributed by atoms with E-state index in [-0.39, 0.29) is 25.0 Å². The summed E-state index contributed by atoms with van der Waals surface area (Å²) in [5, 5.41) is 0. The van der Waals surface area contributed by atoms with Crippen molar-refractivity contribution in [2.24, 2.45) is 0 Å². The molecule has 0 saturated carbocycles. The summed E-state index contributed by atoms with van der Waals surface area (Å²) in [6.07, 6.45) is 11.7. The van der Waals surface area contributed by atoms with E-state index < -0.39 is 25.5 Å². The molecule has 1 heterocycles. The van der Waals surface area contributed by atoms with Gasteiger partial charge in [-0.1, -0.05) is 0 Å². The van der Waals surface area contributed by atoms with Crippen LogP contribution in [0, 0.1) is 0 Å². The van der Waals surface area contributed by atoms with Crippen LogP contribution in [-0.2, 0) is 18.9 Å². The van der Waals surface area contributed by atoms with Gasteiger partial charge in [-0.05, 0) is 0 Å². The number of hydrogen-bond acceptors (Lipinski definition) is 5. The summed E-state index contributed by atoms with van der Waals surface area (Å²) < 4.78 is 17.2. The van der Waals surface area contributed by atoms with Crippen LogP contribution in [0.5, 0.6) is 0 Å². The minimum atomic E-state index is -2.31. The predicted octanol–water partition coefficient (Wildman–Crippen LogP) is 4.55. The summed E-state index contributed by atoms with van der Waals surface area (Å²) in [7, 11) is 0.765. The Morgan fingerprint density at radius 1 is 0.893 bits per heavy atom. The molecular weight excluding hydrogens is 460 g/mol. The Morgan fingerprint density at radius 2 is 1.36 bits per heavy atom. The zero-order valence-corrected chi connectivity index (χ0v) is 21.1. The van der Waals surface area contributed by atoms with Crippen LogP contribution in [0.3, 0.4) is 0 Å². The second-order valence-corrected chi connectivity index (χ2v) is 20.9. The zero-order valence-electron chi connectivity index (χ0n) is 18.2. The van der Waals surface area contributed by atoms with E-state index in [1.54, 1.807) is 17.9 Å². The number of carbonyl (C=O) groups excluding carboxylic acids is 2. The maximum atomic E-state index is 11.8. The average Bonchev–Trinajstić information content (AvgIpc) is 2.64. The molecule has 1 fully saturated rings. The Hall–Kier alpha value is -0.756. The van der Waals surface area contributed by atoms with Crippen molar-refractivity contribution >= 4 is 37.4 Å². The molecule has 1 saturated heterocycles. The molecule has 0 aromatic rings. The van der Waals surface area contributed by atoms with Crippen molar-refractivity contribution in [3.8, 4) is 0 Å². The van der Waals surface area contributed by atoms with E-state index in [4.69, 9.17) is 9.31 Å². The molecule has 0 atom stereocenters. The number of hydrogen-bond donors (Lipinski definition) is 0. The van der Waals surface area contributed by atoms with Crippen molar-refractivity contribution in [2.75, 3.05) is 20.1 Å². The Morgan fingerprint density at radius 3 is 1.79 bits per heavy atom. The fourth-order valence-corrected chi connectivity index (χ4v) is 17.7. The number of nitrogens with zero attached hydrogens (tertiary/aromatic N) is 1. The Bertz CT molecular complexity index is 497. The molecule has 0 unspecified atom stereocenters. The molecule has 0 N–H and O–H groups in total. The van der Waals surface area contributed by atoms with Crippen molar-refractivity contribution in [1.29, 1.82) is 0 Å². The molecular formula is C21H38BNO4Sn. The number of likely N-dealkylation sites (N-methyl/N-ethyl adjacent to an activating group) is 1. The Balaban J connectivity index is 2.81. The van der Waals surface area contributed by atoms with Gasteiger partial charge in [0.2, 0.25) is 0 Å². The fraction of sp³-hybridized carbons (Fsp3) is 0.714. The standard InChI is InChI=1S/C9H11BNO4.3C4H9.Sn/c1-3-4-5-10-14-8(12)6-11(2)7-9(13)15-10;3*1-3-4-2;/h1,3-5H,6-7H2,2H3;3*1,3-4H2,2H3;/b3-1?,5-4+;;;;. The van der Waals surface area contributed by atoms with E-state index >= 15 is 0 Å². The first kappa shape index (κ1) is 25.3. The van der Waals surface area contributed by atoms with Gasteiger partial charge >= 0.3 is 176 Å². The van der Waals surface area contributed by atoms with Crippen LogP contribution in [-0.4, -0.2) is 62.5 Å². The van der Waals surface area contributed by atoms with Crippen molar-refractivity contribution in [3.63, 3.8) is 0 Å². The molecule has 0 aliphatic carbocycles. The molecule has 0 aromatic carbocycles. The number of allylic oxidation sites excluding steroid dienone is 2. The van der Waals surface area contributed by atoms with E-state index in [2.05, 4.69) is 30.9 Å². The summed E-state index contributed by atoms with van der Waals surface area (Å²) >= 11 is -2.31. The Kier molecular flexibility index (Phi) is 12.9. The summed E-state index contributed by atoms with van der Waals surface area (Å²) in [6, 6.07) is 0. The van der Waals surface area contributed by atoms with Crippen LogP contribution in [0.25, 0.3) is 0 Å². The van der Waals surface area contributed by atoms with Gasteiger partial charge in [-0.3, -0.25) is 0 Å². The Labute approximate surface area is 175 Å². The van der Waals surface area contributed by atoms with Gasteiger partial charge in [-0.15, -0.1) is 0 Å². The van der Waals surface area contributed by atoms with Crippen molar-refractivity contribution in [2.45, 2.75) is 72.6 Å². The molecule has 5 nitrogen and oxygen atoms in total. The average molecular weight is 498 g/mol. The van der Waals surface area contributed by atoms with Crippen LogP contribution in [0.15, 0.2) is 22.2 Å². The van der Waals surface area contributed by atoms with E-state index in [1.165, 1.54) is 51.8 Å². The van der Waals surface area contributed by atoms with Gasteiger partial charge in [0, 0.05) is 0 Å². The molecule has 1 rings (SSSR count). The van der Waals surface area contributed by atoms with Gasteiger partial charge < -0.3 is 0 Å². The molecule has 0 aromatic heterocycles. The van der Waals surface area contributed by atoms with Crippen LogP contribution < -0.4 is 0 Å². The molecule has 1 aliphatic heterocycles. The minimum absolute atomic E-state index is 0.0971. The van der Waals surface area contributed by atoms with Gasteiger partial charge in [0.1, 0.15) is 0 Å². The monoisotopic (exact) mass is 499 g/mol. The molecule has 0 spiro atoms. The van der Waals surface area contributed by atoms with Gasteiger partial charge in [0.05, 0.1) is 0 Å². The topological polar surface area (TPSA) is 55.8 Å². The van der Waals surface area contributed by atoms with Gasteiger partial charge in [-0.2, -0.15) is 0 Å². The number of unbranched alkanes of at least 4 members (excludes halogenated alkanes) is 3. The molecule has 0 bridgehead atoms. The van der Waals surface area contributed by atoms with Crippen molar-refractivity contribution in [1.82, 2.24) is 4.90 Å². The molecule has 0 amide bonds. The molecule has 0 radical (unpaired) electrons. The fourth-order valence-electron chi connectivity index (χ4n) is 3.56. The maximum absolute atomic E-state index is 11.8. The third kappa shape index (κ3) is 10.1. The van der Waals surface area contributed by atoms with Crippen molar-refractivity contribution < 1.29 is 18.9 Å². The van der Waals surface area contributed by atoms with Crippen LogP contribution in [0.4, 0.5) is 0 Å². The van der Waals surface area contributed by atoms with E-state index in [9.17, 15) is 9.59 Å².